The van der Waals surface area contributed by atoms with Gasteiger partial charge in [0, 0.05) is 6.04 Å². The zero-order chi connectivity index (χ0) is 10.8. The Morgan fingerprint density at radius 1 is 1.80 bits per heavy atom. The Bertz CT molecular complexity index is 357. The van der Waals surface area contributed by atoms with Gasteiger partial charge in [0.1, 0.15) is 12.4 Å². The van der Waals surface area contributed by atoms with Crippen molar-refractivity contribution in [1.82, 2.24) is 20.1 Å². The molecule has 1 heterocycles. The molecule has 3 N–H and O–H groups in total. The third-order valence-electron chi connectivity index (χ3n) is 2.44. The van der Waals surface area contributed by atoms with Crippen LogP contribution in [0.2, 0.25) is 0 Å². The van der Waals surface area contributed by atoms with Gasteiger partial charge >= 0.3 is 0 Å². The highest BCUT2D eigenvalue weighted by Gasteiger charge is 2.26. The molecular formula is C9H15N5O. The molecular weight excluding hydrogens is 194 g/mol. The molecule has 2 rings (SSSR count). The first-order valence-electron chi connectivity index (χ1n) is 5.11. The Labute approximate surface area is 87.9 Å². The normalized spacial score (nSPS) is 17.5. The number of nitrogens with two attached hydrogens (primary N) is 1. The van der Waals surface area contributed by atoms with Crippen molar-refractivity contribution in [3.05, 3.63) is 12.2 Å². The van der Waals surface area contributed by atoms with Gasteiger partial charge in [0.2, 0.25) is 5.91 Å². The summed E-state index contributed by atoms with van der Waals surface area (Å²) in [6, 6.07) is 0.0517. The van der Waals surface area contributed by atoms with Gasteiger partial charge in [0.05, 0.1) is 6.54 Å². The summed E-state index contributed by atoms with van der Waals surface area (Å²) in [4.78, 5) is 15.6. The van der Waals surface area contributed by atoms with Crippen LogP contribution in [-0.2, 0) is 11.3 Å². The van der Waals surface area contributed by atoms with E-state index in [1.165, 1.54) is 0 Å². The lowest BCUT2D eigenvalue weighted by Crippen LogP contribution is -2.32. The van der Waals surface area contributed by atoms with Crippen LogP contribution in [0.3, 0.4) is 0 Å². The number of nitrogens with zero attached hydrogens (tertiary/aromatic N) is 3. The minimum absolute atomic E-state index is 0.00836. The predicted octanol–water partition coefficient (Wildman–Crippen LogP) is -0.424. The van der Waals surface area contributed by atoms with Gasteiger partial charge in [-0.25, -0.2) is 9.67 Å². The molecule has 0 aromatic carbocycles. The summed E-state index contributed by atoms with van der Waals surface area (Å²) in [7, 11) is 0. The molecule has 0 aliphatic heterocycles. The maximum atomic E-state index is 11.7. The summed E-state index contributed by atoms with van der Waals surface area (Å²) in [6.45, 7) is 2.09. The van der Waals surface area contributed by atoms with Crippen LogP contribution in [0.5, 0.6) is 0 Å². The van der Waals surface area contributed by atoms with E-state index in [2.05, 4.69) is 15.4 Å². The van der Waals surface area contributed by atoms with E-state index in [0.717, 1.165) is 12.8 Å². The summed E-state index contributed by atoms with van der Waals surface area (Å²) in [5, 5.41) is 7.02. The molecule has 1 atom stereocenters. The molecule has 1 aliphatic rings. The van der Waals surface area contributed by atoms with E-state index in [1.807, 2.05) is 0 Å². The summed E-state index contributed by atoms with van der Waals surface area (Å²) in [6.07, 6.45) is 3.72. The number of aromatic nitrogens is 3. The van der Waals surface area contributed by atoms with Crippen molar-refractivity contribution in [3.8, 4) is 0 Å². The molecule has 0 saturated heterocycles. The second-order valence-corrected chi connectivity index (χ2v) is 3.80. The fourth-order valence-electron chi connectivity index (χ4n) is 1.26. The highest BCUT2D eigenvalue weighted by Crippen LogP contribution is 2.19. The number of hydrogen-bond acceptors (Lipinski definition) is 4. The van der Waals surface area contributed by atoms with Gasteiger partial charge in [-0.15, -0.1) is 0 Å². The minimum Gasteiger partial charge on any atom is -0.352 e. The zero-order valence-corrected chi connectivity index (χ0v) is 8.68. The van der Waals surface area contributed by atoms with E-state index < -0.39 is 0 Å². The Hall–Kier alpha value is -1.43. The lowest BCUT2D eigenvalue weighted by molar-refractivity contribution is -0.124. The maximum Gasteiger partial charge on any atom is 0.244 e. The molecule has 1 aromatic heterocycles. The summed E-state index contributed by atoms with van der Waals surface area (Å²) in [5.41, 5.74) is 5.39. The van der Waals surface area contributed by atoms with Gasteiger partial charge in [0.15, 0.2) is 5.82 Å². The maximum absolute atomic E-state index is 11.7. The van der Waals surface area contributed by atoms with Gasteiger partial charge in [0.25, 0.3) is 0 Å². The van der Waals surface area contributed by atoms with Crippen LogP contribution < -0.4 is 11.1 Å². The Kier molecular flexibility index (Phi) is 2.68. The molecule has 6 nitrogen and oxygen atoms in total. The molecule has 1 amide bonds. The van der Waals surface area contributed by atoms with Crippen molar-refractivity contribution < 1.29 is 4.79 Å². The molecule has 0 bridgehead atoms. The molecule has 1 unspecified atom stereocenters. The highest BCUT2D eigenvalue weighted by atomic mass is 16.2. The smallest absolute Gasteiger partial charge is 0.244 e. The van der Waals surface area contributed by atoms with Crippen LogP contribution >= 0.6 is 0 Å². The molecule has 6 heteroatoms. The predicted molar refractivity (Wildman–Crippen MR) is 53.8 cm³/mol. The second kappa shape index (κ2) is 3.98. The molecule has 0 spiro atoms. The number of nitrogens with one attached hydrogen (secondary N) is 1. The average molecular weight is 209 g/mol. The first-order valence-corrected chi connectivity index (χ1v) is 5.11. The van der Waals surface area contributed by atoms with Crippen LogP contribution in [0.15, 0.2) is 6.33 Å². The standard InChI is InChI=1S/C9H15N5O/c1-6(9(15)12-7-2-3-7)14-5-11-8(4-10)13-14/h5-7H,2-4,10H2,1H3,(H,12,15). The molecule has 0 radical (unpaired) electrons. The topological polar surface area (TPSA) is 85.8 Å². The molecule has 1 fully saturated rings. The number of hydrogen-bond donors (Lipinski definition) is 2. The molecule has 82 valence electrons. The molecule has 1 aromatic rings. The van der Waals surface area contributed by atoms with Gasteiger partial charge in [-0.2, -0.15) is 5.10 Å². The van der Waals surface area contributed by atoms with Gasteiger partial charge in [-0.1, -0.05) is 0 Å². The summed E-state index contributed by atoms with van der Waals surface area (Å²) >= 11 is 0. The SMILES string of the molecule is CC(C(=O)NC1CC1)n1cnc(CN)n1. The molecule has 15 heavy (non-hydrogen) atoms. The quantitative estimate of drug-likeness (QED) is 0.705. The Morgan fingerprint density at radius 2 is 2.53 bits per heavy atom. The number of carbonyl (C=O) groups is 1. The van der Waals surface area contributed by atoms with Gasteiger partial charge in [-0.3, -0.25) is 4.79 Å². The number of rotatable bonds is 4. The third-order valence-corrected chi connectivity index (χ3v) is 2.44. The van der Waals surface area contributed by atoms with E-state index in [4.69, 9.17) is 5.73 Å². The van der Waals surface area contributed by atoms with Crippen molar-refractivity contribution >= 4 is 5.91 Å². The lowest BCUT2D eigenvalue weighted by Gasteiger charge is -2.11. The van der Waals surface area contributed by atoms with E-state index in [9.17, 15) is 4.79 Å². The van der Waals surface area contributed by atoms with Gasteiger partial charge in [-0.05, 0) is 19.8 Å². The minimum atomic E-state index is -0.321. The van der Waals surface area contributed by atoms with Crippen LogP contribution in [0.4, 0.5) is 0 Å². The van der Waals surface area contributed by atoms with E-state index in [1.54, 1.807) is 17.9 Å². The van der Waals surface area contributed by atoms with Crippen molar-refractivity contribution in [2.45, 2.75) is 38.4 Å². The Morgan fingerprint density at radius 3 is 3.07 bits per heavy atom. The number of amides is 1. The average Bonchev–Trinajstić information content (AvgIpc) is 2.92. The Balaban J connectivity index is 1.98. The molecule has 1 saturated carbocycles. The van der Waals surface area contributed by atoms with Crippen molar-refractivity contribution in [2.24, 2.45) is 5.73 Å². The fraction of sp³-hybridized carbons (Fsp3) is 0.667. The van der Waals surface area contributed by atoms with E-state index >= 15 is 0 Å². The van der Waals surface area contributed by atoms with Gasteiger partial charge < -0.3 is 11.1 Å². The van der Waals surface area contributed by atoms with E-state index in [-0.39, 0.29) is 11.9 Å². The largest absolute Gasteiger partial charge is 0.352 e. The first kappa shape index (κ1) is 10.1. The fourth-order valence-corrected chi connectivity index (χ4v) is 1.26. The summed E-state index contributed by atoms with van der Waals surface area (Å²) < 4.78 is 1.54. The zero-order valence-electron chi connectivity index (χ0n) is 8.68. The van der Waals surface area contributed by atoms with Crippen molar-refractivity contribution in [1.29, 1.82) is 0 Å². The first-order chi connectivity index (χ1) is 7.20. The van der Waals surface area contributed by atoms with Crippen molar-refractivity contribution in [3.63, 3.8) is 0 Å². The van der Waals surface area contributed by atoms with Crippen LogP contribution in [0, 0.1) is 0 Å². The molecule has 1 aliphatic carbocycles. The number of carbonyl (C=O) groups excluding carboxylic acids is 1. The monoisotopic (exact) mass is 209 g/mol. The van der Waals surface area contributed by atoms with Crippen LogP contribution in [-0.4, -0.2) is 26.7 Å². The second-order valence-electron chi connectivity index (χ2n) is 3.80. The summed E-state index contributed by atoms with van der Waals surface area (Å²) in [5.74, 6) is 0.548. The third kappa shape index (κ3) is 2.33. The van der Waals surface area contributed by atoms with Crippen molar-refractivity contribution in [2.75, 3.05) is 0 Å². The van der Waals surface area contributed by atoms with Crippen LogP contribution in [0.25, 0.3) is 0 Å². The lowest BCUT2D eigenvalue weighted by atomic mass is 10.3. The van der Waals surface area contributed by atoms with E-state index in [0.29, 0.717) is 18.4 Å². The van der Waals surface area contributed by atoms with Crippen LogP contribution in [0.1, 0.15) is 31.6 Å². The highest BCUT2D eigenvalue weighted by molar-refractivity contribution is 5.80.